The molecule has 8 rings (SSSR count). The highest BCUT2D eigenvalue weighted by Crippen LogP contribution is 2.45. The van der Waals surface area contributed by atoms with E-state index in [1.54, 1.807) is 0 Å². The van der Waals surface area contributed by atoms with Crippen molar-refractivity contribution < 1.29 is 0 Å². The van der Waals surface area contributed by atoms with E-state index in [0.717, 1.165) is 22.8 Å². The number of rotatable bonds is 6. The SMILES string of the molecule is c1ccc(-c2ccccc2N(c2ccc(-c3c4ccccc4c(-c4ccccc4)c4ccccc34)cc2)c2ccccn2)cc1. The van der Waals surface area contributed by atoms with Gasteiger partial charge in [-0.1, -0.05) is 146 Å². The third-order valence-electron chi connectivity index (χ3n) is 8.52. The van der Waals surface area contributed by atoms with E-state index in [1.165, 1.54) is 49.4 Å². The van der Waals surface area contributed by atoms with Gasteiger partial charge in [-0.05, 0) is 79.7 Å². The summed E-state index contributed by atoms with van der Waals surface area (Å²) in [5.41, 5.74) is 9.40. The van der Waals surface area contributed by atoms with Crippen molar-refractivity contribution in [1.29, 1.82) is 0 Å². The van der Waals surface area contributed by atoms with Crippen LogP contribution in [0.15, 0.2) is 182 Å². The van der Waals surface area contributed by atoms with Gasteiger partial charge < -0.3 is 0 Å². The zero-order chi connectivity index (χ0) is 30.0. The minimum Gasteiger partial charge on any atom is -0.294 e. The smallest absolute Gasteiger partial charge is 0.137 e. The van der Waals surface area contributed by atoms with Crippen molar-refractivity contribution in [2.24, 2.45) is 0 Å². The Bertz CT molecular complexity index is 2180. The number of benzene rings is 7. The highest BCUT2D eigenvalue weighted by molar-refractivity contribution is 6.21. The molecule has 0 aliphatic carbocycles. The predicted molar refractivity (Wildman–Crippen MR) is 190 cm³/mol. The molecule has 1 aromatic heterocycles. The summed E-state index contributed by atoms with van der Waals surface area (Å²) in [7, 11) is 0. The maximum Gasteiger partial charge on any atom is 0.137 e. The zero-order valence-electron chi connectivity index (χ0n) is 24.7. The third kappa shape index (κ3) is 4.83. The van der Waals surface area contributed by atoms with Crippen LogP contribution in [0.4, 0.5) is 17.2 Å². The fourth-order valence-corrected chi connectivity index (χ4v) is 6.54. The lowest BCUT2D eigenvalue weighted by atomic mass is 9.86. The Balaban J connectivity index is 1.32. The maximum atomic E-state index is 4.79. The van der Waals surface area contributed by atoms with E-state index in [4.69, 9.17) is 4.98 Å². The quantitative estimate of drug-likeness (QED) is 0.184. The number of anilines is 3. The van der Waals surface area contributed by atoms with Gasteiger partial charge in [-0.15, -0.1) is 0 Å². The maximum absolute atomic E-state index is 4.79. The van der Waals surface area contributed by atoms with Crippen LogP contribution < -0.4 is 4.90 Å². The number of hydrogen-bond acceptors (Lipinski definition) is 2. The van der Waals surface area contributed by atoms with Crippen LogP contribution in [-0.2, 0) is 0 Å². The average Bonchev–Trinajstić information content (AvgIpc) is 3.12. The van der Waals surface area contributed by atoms with E-state index >= 15 is 0 Å². The van der Waals surface area contributed by atoms with Crippen molar-refractivity contribution in [3.63, 3.8) is 0 Å². The minimum absolute atomic E-state index is 0.872. The predicted octanol–water partition coefficient (Wildman–Crippen LogP) is 11.9. The molecule has 0 N–H and O–H groups in total. The van der Waals surface area contributed by atoms with Crippen LogP contribution in [0.3, 0.4) is 0 Å². The van der Waals surface area contributed by atoms with Crippen LogP contribution in [0.2, 0.25) is 0 Å². The summed E-state index contributed by atoms with van der Waals surface area (Å²) in [5.74, 6) is 0.872. The first-order valence-electron chi connectivity index (χ1n) is 15.3. The van der Waals surface area contributed by atoms with E-state index < -0.39 is 0 Å². The van der Waals surface area contributed by atoms with Crippen molar-refractivity contribution in [3.05, 3.63) is 182 Å². The van der Waals surface area contributed by atoms with Gasteiger partial charge in [-0.25, -0.2) is 4.98 Å². The first-order chi connectivity index (χ1) is 22.4. The highest BCUT2D eigenvalue weighted by Gasteiger charge is 2.19. The van der Waals surface area contributed by atoms with Crippen LogP contribution >= 0.6 is 0 Å². The molecule has 1 heterocycles. The molecule has 0 unspecified atom stereocenters. The molecule has 2 heteroatoms. The van der Waals surface area contributed by atoms with E-state index in [-0.39, 0.29) is 0 Å². The van der Waals surface area contributed by atoms with Crippen LogP contribution in [0.25, 0.3) is 54.9 Å². The summed E-state index contributed by atoms with van der Waals surface area (Å²) >= 11 is 0. The summed E-state index contributed by atoms with van der Waals surface area (Å²) in [6.45, 7) is 0. The van der Waals surface area contributed by atoms with E-state index in [2.05, 4.69) is 169 Å². The molecule has 0 atom stereocenters. The Hall–Kier alpha value is -5.99. The van der Waals surface area contributed by atoms with Gasteiger partial charge in [0, 0.05) is 17.4 Å². The number of fused-ring (bicyclic) bond motifs is 2. The van der Waals surface area contributed by atoms with E-state index in [0.29, 0.717) is 0 Å². The molecule has 7 aromatic carbocycles. The van der Waals surface area contributed by atoms with Gasteiger partial charge in [0.15, 0.2) is 0 Å². The lowest BCUT2D eigenvalue weighted by Crippen LogP contribution is -2.12. The molecule has 0 bridgehead atoms. The highest BCUT2D eigenvalue weighted by atomic mass is 15.2. The lowest BCUT2D eigenvalue weighted by Gasteiger charge is -2.27. The zero-order valence-corrected chi connectivity index (χ0v) is 24.7. The van der Waals surface area contributed by atoms with Crippen LogP contribution in [-0.4, -0.2) is 4.98 Å². The Labute approximate surface area is 263 Å². The Morgan fingerprint density at radius 1 is 0.356 bits per heavy atom. The molecule has 0 fully saturated rings. The normalized spacial score (nSPS) is 11.1. The van der Waals surface area contributed by atoms with E-state index in [9.17, 15) is 0 Å². The number of nitrogens with zero attached hydrogens (tertiary/aromatic N) is 2. The Kier molecular flexibility index (Phi) is 6.86. The molecule has 0 amide bonds. The van der Waals surface area contributed by atoms with Gasteiger partial charge in [0.05, 0.1) is 5.69 Å². The topological polar surface area (TPSA) is 16.1 Å². The second-order valence-electron chi connectivity index (χ2n) is 11.2. The fraction of sp³-hybridized carbons (Fsp3) is 0. The molecule has 0 aliphatic heterocycles. The van der Waals surface area contributed by atoms with Gasteiger partial charge in [0.1, 0.15) is 5.82 Å². The largest absolute Gasteiger partial charge is 0.294 e. The molecular weight excluding hydrogens is 544 g/mol. The molecule has 8 aromatic rings. The average molecular weight is 575 g/mol. The second-order valence-corrected chi connectivity index (χ2v) is 11.2. The molecule has 0 saturated heterocycles. The van der Waals surface area contributed by atoms with Gasteiger partial charge in [0.2, 0.25) is 0 Å². The standard InChI is InChI=1S/C43H30N2/c1-3-15-31(16-4-1)35-19-11-12-24-40(35)45(41-25-13-14-30-44-41)34-28-26-33(27-29-34)43-38-22-9-7-20-36(38)42(32-17-5-2-6-18-32)37-21-8-10-23-39(37)43/h1-30H. The van der Waals surface area contributed by atoms with Gasteiger partial charge in [0.25, 0.3) is 0 Å². The summed E-state index contributed by atoms with van der Waals surface area (Å²) in [6, 6.07) is 62.5. The molecule has 212 valence electrons. The molecule has 0 saturated carbocycles. The van der Waals surface area contributed by atoms with Crippen molar-refractivity contribution in [3.8, 4) is 33.4 Å². The summed E-state index contributed by atoms with van der Waals surface area (Å²) in [5, 5.41) is 5.01. The number of aromatic nitrogens is 1. The first-order valence-corrected chi connectivity index (χ1v) is 15.3. The first kappa shape index (κ1) is 26.6. The molecule has 45 heavy (non-hydrogen) atoms. The van der Waals surface area contributed by atoms with Gasteiger partial charge in [-0.2, -0.15) is 0 Å². The molecule has 0 spiro atoms. The van der Waals surface area contributed by atoms with Crippen molar-refractivity contribution in [2.45, 2.75) is 0 Å². The summed E-state index contributed by atoms with van der Waals surface area (Å²) < 4.78 is 0. The minimum atomic E-state index is 0.872. The summed E-state index contributed by atoms with van der Waals surface area (Å²) in [4.78, 5) is 7.04. The van der Waals surface area contributed by atoms with Gasteiger partial charge in [-0.3, -0.25) is 4.90 Å². The molecular formula is C43H30N2. The number of para-hydroxylation sites is 1. The Morgan fingerprint density at radius 3 is 1.38 bits per heavy atom. The second kappa shape index (κ2) is 11.6. The van der Waals surface area contributed by atoms with Crippen molar-refractivity contribution in [2.75, 3.05) is 4.90 Å². The molecule has 0 radical (unpaired) electrons. The Morgan fingerprint density at radius 2 is 0.822 bits per heavy atom. The van der Waals surface area contributed by atoms with Crippen LogP contribution in [0, 0.1) is 0 Å². The monoisotopic (exact) mass is 574 g/mol. The van der Waals surface area contributed by atoms with Crippen molar-refractivity contribution in [1.82, 2.24) is 4.98 Å². The van der Waals surface area contributed by atoms with Crippen LogP contribution in [0.5, 0.6) is 0 Å². The fourth-order valence-electron chi connectivity index (χ4n) is 6.54. The molecule has 0 aliphatic rings. The third-order valence-corrected chi connectivity index (χ3v) is 8.52. The molecule has 2 nitrogen and oxygen atoms in total. The number of pyridine rings is 1. The van der Waals surface area contributed by atoms with Crippen LogP contribution in [0.1, 0.15) is 0 Å². The summed E-state index contributed by atoms with van der Waals surface area (Å²) in [6.07, 6.45) is 1.86. The number of hydrogen-bond donors (Lipinski definition) is 0. The van der Waals surface area contributed by atoms with E-state index in [1.807, 2.05) is 18.3 Å². The van der Waals surface area contributed by atoms with Gasteiger partial charge >= 0.3 is 0 Å². The van der Waals surface area contributed by atoms with Crippen molar-refractivity contribution >= 4 is 38.7 Å². The lowest BCUT2D eigenvalue weighted by molar-refractivity contribution is 1.18.